The predicted octanol–water partition coefficient (Wildman–Crippen LogP) is 5.48. The van der Waals surface area contributed by atoms with Crippen molar-refractivity contribution in [2.45, 2.75) is 57.2 Å². The van der Waals surface area contributed by atoms with E-state index in [2.05, 4.69) is 21.2 Å². The van der Waals surface area contributed by atoms with Crippen LogP contribution >= 0.6 is 0 Å². The zero-order valence-electron chi connectivity index (χ0n) is 22.7. The third-order valence-electron chi connectivity index (χ3n) is 9.36. The fraction of sp³-hybridized carbons (Fsp3) is 0.467. The Balaban J connectivity index is 1.32. The standard InChI is InChI=1S/C30H30F3N7O/c1-37-18-35-36-27(37)26(21-3-2-4-21)22-9-19(13-34)10-23(12-22)39-16-25-24(30(31,32)33)11-20(15-40(25)28(39)41)14-38-8-7-29(17-38)5-6-29/h9-12,15-16,18,21,26H,2-8,14,17H2,1H3/q+1/t26-/m0/s1. The lowest BCUT2D eigenvalue weighted by Crippen LogP contribution is -2.29. The maximum absolute atomic E-state index is 14.3. The second kappa shape index (κ2) is 9.38. The number of nitriles is 1. The Kier molecular flexibility index (Phi) is 5.98. The average Bonchev–Trinajstić information content (AvgIpc) is 3.18. The number of nitrogens with zero attached hydrogens (tertiary/aromatic N) is 7. The molecule has 2 aliphatic carbocycles. The summed E-state index contributed by atoms with van der Waals surface area (Å²) in [7, 11) is 1.87. The number of hydrogen-bond acceptors (Lipinski definition) is 5. The molecule has 3 aromatic rings. The average molecular weight is 562 g/mol. The molecule has 11 heteroatoms. The molecular weight excluding hydrogens is 531 g/mol. The van der Waals surface area contributed by atoms with Crippen LogP contribution in [0, 0.1) is 28.8 Å². The van der Waals surface area contributed by atoms with Crippen molar-refractivity contribution < 1.29 is 17.7 Å². The predicted molar refractivity (Wildman–Crippen MR) is 145 cm³/mol. The van der Waals surface area contributed by atoms with Crippen molar-refractivity contribution in [3.05, 3.63) is 75.6 Å². The minimum atomic E-state index is -4.64. The molecule has 2 saturated carbocycles. The third kappa shape index (κ3) is 4.58. The SMILES string of the molecule is C[N+]1=CN=N[C]1[C@H](c1cc(C#N)cc(-n2cc3c(C(F)(F)F)cc(CN4CCC5(CC5)C4)cn3c2=O)c1)C1CCC1. The zero-order chi connectivity index (χ0) is 28.5. The van der Waals surface area contributed by atoms with Crippen LogP contribution in [0.1, 0.15) is 66.7 Å². The van der Waals surface area contributed by atoms with Gasteiger partial charge in [0.15, 0.2) is 0 Å². The first-order valence-corrected chi connectivity index (χ1v) is 14.1. The molecule has 1 saturated heterocycles. The smallest absolute Gasteiger partial charge is 0.298 e. The van der Waals surface area contributed by atoms with Gasteiger partial charge in [-0.25, -0.2) is 9.37 Å². The first kappa shape index (κ1) is 26.1. The topological polar surface area (TPSA) is 81.2 Å². The molecule has 1 aromatic carbocycles. The van der Waals surface area contributed by atoms with Crippen LogP contribution in [-0.2, 0) is 12.7 Å². The number of imidazole rings is 1. The highest BCUT2D eigenvalue weighted by molar-refractivity contribution is 5.59. The molecule has 0 bridgehead atoms. The van der Waals surface area contributed by atoms with Gasteiger partial charge in [-0.3, -0.25) is 13.9 Å². The number of likely N-dealkylation sites (N-methyl/N-ethyl adjacent to an activating group) is 1. The lowest BCUT2D eigenvalue weighted by atomic mass is 9.71. The second-order valence-corrected chi connectivity index (χ2v) is 12.2. The monoisotopic (exact) mass is 561 g/mol. The Morgan fingerprint density at radius 3 is 2.59 bits per heavy atom. The first-order chi connectivity index (χ1) is 19.6. The molecule has 1 spiro atoms. The van der Waals surface area contributed by atoms with Gasteiger partial charge in [-0.05, 0) is 90.5 Å². The summed E-state index contributed by atoms with van der Waals surface area (Å²) in [6.45, 7) is 2.11. The minimum absolute atomic E-state index is 0.149. The largest absolute Gasteiger partial charge is 0.418 e. The number of benzene rings is 1. The number of halogens is 3. The molecule has 8 nitrogen and oxygen atoms in total. The van der Waals surface area contributed by atoms with Crippen molar-refractivity contribution in [2.24, 2.45) is 21.6 Å². The van der Waals surface area contributed by atoms with E-state index in [-0.39, 0.29) is 11.4 Å². The van der Waals surface area contributed by atoms with E-state index < -0.39 is 17.4 Å². The van der Waals surface area contributed by atoms with Crippen LogP contribution < -0.4 is 5.69 Å². The van der Waals surface area contributed by atoms with Crippen LogP contribution in [0.2, 0.25) is 0 Å². The number of pyridine rings is 1. The number of fused-ring (bicyclic) bond motifs is 1. The van der Waals surface area contributed by atoms with E-state index in [1.807, 2.05) is 11.6 Å². The van der Waals surface area contributed by atoms with Gasteiger partial charge in [-0.1, -0.05) is 6.42 Å². The molecule has 2 aromatic heterocycles. The van der Waals surface area contributed by atoms with E-state index in [1.165, 1.54) is 35.9 Å². The van der Waals surface area contributed by atoms with Gasteiger partial charge in [0.05, 0.1) is 46.5 Å². The molecule has 7 rings (SSSR count). The van der Waals surface area contributed by atoms with Gasteiger partial charge in [0.2, 0.25) is 0 Å². The normalized spacial score (nSPS) is 21.4. The number of rotatable bonds is 6. The summed E-state index contributed by atoms with van der Waals surface area (Å²) in [6.07, 6.45) is 7.04. The molecule has 3 fully saturated rings. The molecule has 0 unspecified atom stereocenters. The summed E-state index contributed by atoms with van der Waals surface area (Å²) in [5, 5.41) is 18.2. The molecule has 0 amide bonds. The molecule has 2 aliphatic heterocycles. The Labute approximate surface area is 235 Å². The first-order valence-electron chi connectivity index (χ1n) is 14.1. The molecule has 41 heavy (non-hydrogen) atoms. The second-order valence-electron chi connectivity index (χ2n) is 12.2. The highest BCUT2D eigenvalue weighted by atomic mass is 19.4. The summed E-state index contributed by atoms with van der Waals surface area (Å²) in [5.41, 5.74) is 0.627. The highest BCUT2D eigenvalue weighted by Gasteiger charge is 2.47. The van der Waals surface area contributed by atoms with E-state index in [1.54, 1.807) is 24.5 Å². The third-order valence-corrected chi connectivity index (χ3v) is 9.36. The van der Waals surface area contributed by atoms with E-state index in [0.29, 0.717) is 34.7 Å². The lowest BCUT2D eigenvalue weighted by molar-refractivity contribution is -0.480. The maximum atomic E-state index is 14.3. The molecule has 0 N–H and O–H groups in total. The van der Waals surface area contributed by atoms with Crippen molar-refractivity contribution in [3.63, 3.8) is 0 Å². The fourth-order valence-corrected chi connectivity index (χ4v) is 6.75. The van der Waals surface area contributed by atoms with Gasteiger partial charge in [-0.2, -0.15) is 18.4 Å². The van der Waals surface area contributed by atoms with Crippen molar-refractivity contribution in [1.29, 1.82) is 5.26 Å². The number of hydrogen-bond donors (Lipinski definition) is 0. The maximum Gasteiger partial charge on any atom is 0.418 e. The Morgan fingerprint density at radius 1 is 1.17 bits per heavy atom. The van der Waals surface area contributed by atoms with Crippen LogP contribution in [-0.4, -0.2) is 44.9 Å². The van der Waals surface area contributed by atoms with Crippen LogP contribution in [0.4, 0.5) is 13.2 Å². The fourth-order valence-electron chi connectivity index (χ4n) is 6.75. The number of azo groups is 1. The van der Waals surface area contributed by atoms with Crippen LogP contribution in [0.15, 0.2) is 51.7 Å². The Bertz CT molecular complexity index is 1700. The van der Waals surface area contributed by atoms with E-state index in [4.69, 9.17) is 0 Å². The summed E-state index contributed by atoms with van der Waals surface area (Å²) in [6, 6.07) is 8.47. The molecular formula is C30H30F3N7O+. The number of likely N-dealkylation sites (tertiary alicyclic amines) is 1. The highest BCUT2D eigenvalue weighted by Crippen LogP contribution is 2.53. The van der Waals surface area contributed by atoms with Gasteiger partial charge in [0.1, 0.15) is 0 Å². The van der Waals surface area contributed by atoms with Crippen LogP contribution in [0.3, 0.4) is 0 Å². The van der Waals surface area contributed by atoms with E-state index in [0.717, 1.165) is 54.9 Å². The summed E-state index contributed by atoms with van der Waals surface area (Å²) in [4.78, 5) is 15.9. The van der Waals surface area contributed by atoms with Gasteiger partial charge >= 0.3 is 24.4 Å². The van der Waals surface area contributed by atoms with E-state index >= 15 is 0 Å². The Morgan fingerprint density at radius 2 is 1.98 bits per heavy atom. The summed E-state index contributed by atoms with van der Waals surface area (Å²) in [5.74, 6) is 0.146. The molecule has 211 valence electrons. The van der Waals surface area contributed by atoms with Gasteiger partial charge < -0.3 is 0 Å². The zero-order valence-corrected chi connectivity index (χ0v) is 22.7. The van der Waals surface area contributed by atoms with E-state index in [9.17, 15) is 23.2 Å². The minimum Gasteiger partial charge on any atom is -0.298 e. The van der Waals surface area contributed by atoms with Crippen molar-refractivity contribution in [3.8, 4) is 11.8 Å². The van der Waals surface area contributed by atoms with Crippen molar-refractivity contribution in [2.75, 3.05) is 20.1 Å². The van der Waals surface area contributed by atoms with Crippen LogP contribution in [0.25, 0.3) is 11.2 Å². The van der Waals surface area contributed by atoms with Gasteiger partial charge in [-0.15, -0.1) is 0 Å². The summed E-state index contributed by atoms with van der Waals surface area (Å²) >= 11 is 0. The van der Waals surface area contributed by atoms with Crippen LogP contribution in [0.5, 0.6) is 0 Å². The lowest BCUT2D eigenvalue weighted by Gasteiger charge is -2.34. The molecule has 4 heterocycles. The van der Waals surface area contributed by atoms with Gasteiger partial charge in [0, 0.05) is 25.5 Å². The molecule has 1 radical (unpaired) electrons. The van der Waals surface area contributed by atoms with Gasteiger partial charge in [0.25, 0.3) is 0 Å². The Hall–Kier alpha value is -3.78. The molecule has 1 atom stereocenters. The van der Waals surface area contributed by atoms with Crippen molar-refractivity contribution >= 4 is 11.9 Å². The quantitative estimate of drug-likeness (QED) is 0.374. The van der Waals surface area contributed by atoms with Crippen molar-refractivity contribution in [1.82, 2.24) is 13.9 Å². The number of aromatic nitrogens is 2. The molecule has 4 aliphatic rings. The summed E-state index contributed by atoms with van der Waals surface area (Å²) < 4.78 is 47.1. The number of alkyl halides is 3.